The zero-order valence-electron chi connectivity index (χ0n) is 14.2. The standard InChI is InChI=1S/C18H21NO3S2/c1-11(21-13(3)22-12(2)20-4)19-16-10-9-14-7-5-6-8-15(14)17(16)24-18(19)23/h5-13H,1-4H3. The second-order valence-electron chi connectivity index (χ2n) is 5.62. The maximum Gasteiger partial charge on any atom is 0.164 e. The van der Waals surface area contributed by atoms with Gasteiger partial charge in [0.25, 0.3) is 0 Å². The van der Waals surface area contributed by atoms with Gasteiger partial charge in [0.15, 0.2) is 16.5 Å². The fourth-order valence-corrected chi connectivity index (χ4v) is 4.39. The Balaban J connectivity index is 1.96. The fraction of sp³-hybridized carbons (Fsp3) is 0.389. The molecule has 3 unspecified atom stereocenters. The average Bonchev–Trinajstić information content (AvgIpc) is 2.91. The highest BCUT2D eigenvalue weighted by atomic mass is 32.1. The summed E-state index contributed by atoms with van der Waals surface area (Å²) in [5.41, 5.74) is 1.09. The number of nitrogens with zero attached hydrogens (tertiary/aromatic N) is 1. The van der Waals surface area contributed by atoms with Gasteiger partial charge in [-0.05, 0) is 44.4 Å². The van der Waals surface area contributed by atoms with Crippen LogP contribution in [0.2, 0.25) is 0 Å². The predicted molar refractivity (Wildman–Crippen MR) is 101 cm³/mol. The highest BCUT2D eigenvalue weighted by molar-refractivity contribution is 7.73. The first kappa shape index (κ1) is 17.5. The number of benzene rings is 2. The van der Waals surface area contributed by atoms with E-state index in [9.17, 15) is 0 Å². The van der Waals surface area contributed by atoms with Crippen LogP contribution >= 0.6 is 23.6 Å². The lowest BCUT2D eigenvalue weighted by Crippen LogP contribution is -2.24. The molecule has 3 atom stereocenters. The Kier molecular flexibility index (Phi) is 5.32. The van der Waals surface area contributed by atoms with Crippen molar-refractivity contribution in [1.82, 2.24) is 4.57 Å². The van der Waals surface area contributed by atoms with Gasteiger partial charge in [0.2, 0.25) is 0 Å². The van der Waals surface area contributed by atoms with Gasteiger partial charge in [0, 0.05) is 12.5 Å². The van der Waals surface area contributed by atoms with Crippen molar-refractivity contribution in [3.8, 4) is 0 Å². The molecule has 0 fully saturated rings. The van der Waals surface area contributed by atoms with E-state index in [4.69, 9.17) is 26.4 Å². The van der Waals surface area contributed by atoms with E-state index in [1.807, 2.05) is 31.4 Å². The lowest BCUT2D eigenvalue weighted by atomic mass is 10.1. The second kappa shape index (κ2) is 7.29. The molecule has 0 N–H and O–H groups in total. The van der Waals surface area contributed by atoms with E-state index in [1.165, 1.54) is 15.5 Å². The second-order valence-corrected chi connectivity index (χ2v) is 7.26. The van der Waals surface area contributed by atoms with E-state index in [1.54, 1.807) is 18.4 Å². The molecule has 0 aliphatic rings. The van der Waals surface area contributed by atoms with E-state index >= 15 is 0 Å². The van der Waals surface area contributed by atoms with E-state index in [-0.39, 0.29) is 12.5 Å². The number of aromatic nitrogens is 1. The Bertz CT molecular complexity index is 902. The molecule has 0 bridgehead atoms. The van der Waals surface area contributed by atoms with Crippen molar-refractivity contribution < 1.29 is 14.2 Å². The van der Waals surface area contributed by atoms with Gasteiger partial charge in [0.1, 0.15) is 6.23 Å². The van der Waals surface area contributed by atoms with Gasteiger partial charge in [-0.15, -0.1) is 11.3 Å². The summed E-state index contributed by atoms with van der Waals surface area (Å²) in [4.78, 5) is 0. The van der Waals surface area contributed by atoms with Gasteiger partial charge in [-0.3, -0.25) is 4.57 Å². The summed E-state index contributed by atoms with van der Waals surface area (Å²) >= 11 is 7.21. The minimum absolute atomic E-state index is 0.230. The molecule has 6 heteroatoms. The molecule has 24 heavy (non-hydrogen) atoms. The summed E-state index contributed by atoms with van der Waals surface area (Å²) in [7, 11) is 1.61. The molecule has 4 nitrogen and oxygen atoms in total. The normalized spacial score (nSPS) is 15.7. The molecule has 128 valence electrons. The van der Waals surface area contributed by atoms with Crippen molar-refractivity contribution in [3.63, 3.8) is 0 Å². The number of hydrogen-bond acceptors (Lipinski definition) is 5. The third-order valence-corrected chi connectivity index (χ3v) is 5.42. The van der Waals surface area contributed by atoms with Crippen LogP contribution < -0.4 is 0 Å². The molecule has 1 heterocycles. The summed E-state index contributed by atoms with van der Waals surface area (Å²) in [6.45, 7) is 5.68. The summed E-state index contributed by atoms with van der Waals surface area (Å²) in [5, 5.41) is 2.43. The summed E-state index contributed by atoms with van der Waals surface area (Å²) in [5.74, 6) is 0. The van der Waals surface area contributed by atoms with Gasteiger partial charge in [-0.25, -0.2) is 0 Å². The molecule has 0 saturated carbocycles. The maximum absolute atomic E-state index is 5.97. The number of rotatable bonds is 6. The quantitative estimate of drug-likeness (QED) is 0.429. The molecule has 0 radical (unpaired) electrons. The molecule has 0 saturated heterocycles. The van der Waals surface area contributed by atoms with E-state index < -0.39 is 6.29 Å². The van der Waals surface area contributed by atoms with Crippen LogP contribution in [0.5, 0.6) is 0 Å². The zero-order valence-corrected chi connectivity index (χ0v) is 15.8. The Morgan fingerprint density at radius 3 is 2.50 bits per heavy atom. The molecule has 0 aliphatic carbocycles. The minimum Gasteiger partial charge on any atom is -0.356 e. The van der Waals surface area contributed by atoms with Crippen LogP contribution in [0.3, 0.4) is 0 Å². The average molecular weight is 364 g/mol. The lowest BCUT2D eigenvalue weighted by Gasteiger charge is -2.23. The first-order chi connectivity index (χ1) is 11.5. The smallest absolute Gasteiger partial charge is 0.164 e. The Hall–Kier alpha value is -1.31. The number of methoxy groups -OCH3 is 1. The number of hydrogen-bond donors (Lipinski definition) is 0. The third kappa shape index (κ3) is 3.38. The van der Waals surface area contributed by atoms with Gasteiger partial charge < -0.3 is 14.2 Å². The largest absolute Gasteiger partial charge is 0.356 e. The fourth-order valence-electron chi connectivity index (χ4n) is 2.80. The highest BCUT2D eigenvalue weighted by Gasteiger charge is 2.17. The lowest BCUT2D eigenvalue weighted by molar-refractivity contribution is -0.245. The van der Waals surface area contributed by atoms with Crippen molar-refractivity contribution in [2.75, 3.05) is 7.11 Å². The molecule has 2 aromatic carbocycles. The highest BCUT2D eigenvalue weighted by Crippen LogP contribution is 2.33. The van der Waals surface area contributed by atoms with E-state index in [0.717, 1.165) is 9.47 Å². The zero-order chi connectivity index (χ0) is 17.3. The molecule has 0 spiro atoms. The van der Waals surface area contributed by atoms with Gasteiger partial charge in [-0.1, -0.05) is 30.3 Å². The number of fused-ring (bicyclic) bond motifs is 3. The van der Waals surface area contributed by atoms with Gasteiger partial charge in [-0.2, -0.15) is 0 Å². The minimum atomic E-state index is -0.396. The summed E-state index contributed by atoms with van der Waals surface area (Å²) in [6.07, 6.45) is -0.943. The molecular formula is C18H21NO3S2. The SMILES string of the molecule is COC(C)OC(C)OC(C)n1c(=S)sc2c3ccccc3ccc21. The topological polar surface area (TPSA) is 32.6 Å². The molecule has 0 amide bonds. The van der Waals surface area contributed by atoms with Crippen molar-refractivity contribution in [3.05, 3.63) is 40.4 Å². The molecule has 3 aromatic rings. The Labute approximate surface area is 150 Å². The Morgan fingerprint density at radius 2 is 1.75 bits per heavy atom. The van der Waals surface area contributed by atoms with Crippen molar-refractivity contribution in [2.24, 2.45) is 0 Å². The molecule has 3 rings (SSSR count). The summed E-state index contributed by atoms with van der Waals surface area (Å²) in [6, 6.07) is 12.6. The summed E-state index contributed by atoms with van der Waals surface area (Å²) < 4.78 is 20.7. The van der Waals surface area contributed by atoms with Crippen molar-refractivity contribution in [1.29, 1.82) is 0 Å². The van der Waals surface area contributed by atoms with Crippen LogP contribution in [0.1, 0.15) is 27.0 Å². The molecule has 1 aromatic heterocycles. The van der Waals surface area contributed by atoms with Crippen LogP contribution in [0.25, 0.3) is 21.0 Å². The molecule has 0 aliphatic heterocycles. The first-order valence-electron chi connectivity index (χ1n) is 7.87. The van der Waals surface area contributed by atoms with Crippen molar-refractivity contribution >= 4 is 44.5 Å². The number of ether oxygens (including phenoxy) is 3. The van der Waals surface area contributed by atoms with E-state index in [0.29, 0.717) is 0 Å². The first-order valence-corrected chi connectivity index (χ1v) is 9.10. The maximum atomic E-state index is 5.97. The van der Waals surface area contributed by atoms with Gasteiger partial charge >= 0.3 is 0 Å². The van der Waals surface area contributed by atoms with Crippen LogP contribution in [0.15, 0.2) is 36.4 Å². The van der Waals surface area contributed by atoms with E-state index in [2.05, 4.69) is 30.3 Å². The van der Waals surface area contributed by atoms with Gasteiger partial charge in [0.05, 0.1) is 10.2 Å². The van der Waals surface area contributed by atoms with Crippen molar-refractivity contribution in [2.45, 2.75) is 39.6 Å². The van der Waals surface area contributed by atoms with Crippen LogP contribution in [-0.2, 0) is 14.2 Å². The van der Waals surface area contributed by atoms with Crippen LogP contribution in [0.4, 0.5) is 0 Å². The number of thiazole rings is 1. The third-order valence-electron chi connectivity index (χ3n) is 3.97. The monoisotopic (exact) mass is 363 g/mol. The predicted octanol–water partition coefficient (Wildman–Crippen LogP) is 5.48. The Morgan fingerprint density at radius 1 is 1.00 bits per heavy atom. The van der Waals surface area contributed by atoms with Crippen LogP contribution in [-0.4, -0.2) is 24.3 Å². The molecular weight excluding hydrogens is 342 g/mol. The van der Waals surface area contributed by atoms with Crippen LogP contribution in [0, 0.1) is 3.95 Å².